The Bertz CT molecular complexity index is 964. The molecular formula is C26H36N4O. The molecule has 166 valence electrons. The van der Waals surface area contributed by atoms with Gasteiger partial charge in [-0.15, -0.1) is 0 Å². The zero-order chi connectivity index (χ0) is 21.2. The van der Waals surface area contributed by atoms with Crippen LogP contribution in [0.2, 0.25) is 0 Å². The largest absolute Gasteiger partial charge is 0.367 e. The minimum Gasteiger partial charge on any atom is -0.367 e. The molecule has 0 amide bonds. The van der Waals surface area contributed by atoms with Crippen LogP contribution in [0.1, 0.15) is 87.8 Å². The molecule has 2 saturated carbocycles. The molecule has 1 aromatic heterocycles. The number of nitrogens with zero attached hydrogens (tertiary/aromatic N) is 1. The van der Waals surface area contributed by atoms with Crippen LogP contribution < -0.4 is 16.3 Å². The highest BCUT2D eigenvalue weighted by molar-refractivity contribution is 5.64. The fourth-order valence-corrected chi connectivity index (χ4v) is 5.61. The maximum absolute atomic E-state index is 13.2. The van der Waals surface area contributed by atoms with E-state index in [1.807, 2.05) is 4.57 Å². The number of hydrogen-bond acceptors (Lipinski definition) is 3. The summed E-state index contributed by atoms with van der Waals surface area (Å²) in [5.41, 5.74) is 4.43. The maximum Gasteiger partial charge on any atom is 0.331 e. The van der Waals surface area contributed by atoms with E-state index in [9.17, 15) is 4.79 Å². The summed E-state index contributed by atoms with van der Waals surface area (Å²) >= 11 is 0. The Morgan fingerprint density at radius 2 is 1.71 bits per heavy atom. The minimum absolute atomic E-state index is 0.0325. The summed E-state index contributed by atoms with van der Waals surface area (Å²) in [6.45, 7) is 5.35. The zero-order valence-electron chi connectivity index (χ0n) is 18.6. The van der Waals surface area contributed by atoms with E-state index in [1.165, 1.54) is 68.9 Å². The number of allylic oxidation sites excluding steroid dienone is 1. The zero-order valence-corrected chi connectivity index (χ0v) is 18.6. The molecule has 2 bridgehead atoms. The lowest BCUT2D eigenvalue weighted by atomic mass is 9.76. The maximum atomic E-state index is 13.2. The Kier molecular flexibility index (Phi) is 6.04. The molecule has 31 heavy (non-hydrogen) atoms. The lowest BCUT2D eigenvalue weighted by molar-refractivity contribution is 0.276. The van der Waals surface area contributed by atoms with Gasteiger partial charge < -0.3 is 10.6 Å². The monoisotopic (exact) mass is 420 g/mol. The lowest BCUT2D eigenvalue weighted by Crippen LogP contribution is -2.44. The first kappa shape index (κ1) is 20.6. The van der Waals surface area contributed by atoms with Crippen LogP contribution in [0, 0.1) is 0 Å². The molecule has 2 atom stereocenters. The van der Waals surface area contributed by atoms with Crippen molar-refractivity contribution in [3.05, 3.63) is 52.6 Å². The Labute approximate surface area is 185 Å². The Morgan fingerprint density at radius 3 is 2.45 bits per heavy atom. The van der Waals surface area contributed by atoms with Gasteiger partial charge in [0.1, 0.15) is 5.82 Å². The summed E-state index contributed by atoms with van der Waals surface area (Å²) in [6.07, 6.45) is 13.2. The summed E-state index contributed by atoms with van der Waals surface area (Å²) < 4.78 is 1.93. The van der Waals surface area contributed by atoms with Gasteiger partial charge in [0.05, 0.1) is 11.4 Å². The molecule has 2 fully saturated rings. The Balaban J connectivity index is 1.54. The summed E-state index contributed by atoms with van der Waals surface area (Å²) in [7, 11) is 0. The van der Waals surface area contributed by atoms with Crippen LogP contribution in [0.5, 0.6) is 0 Å². The van der Waals surface area contributed by atoms with Gasteiger partial charge in [-0.1, -0.05) is 44.4 Å². The van der Waals surface area contributed by atoms with Crippen LogP contribution in [-0.2, 0) is 0 Å². The van der Waals surface area contributed by atoms with Crippen LogP contribution in [0.15, 0.2) is 35.6 Å². The summed E-state index contributed by atoms with van der Waals surface area (Å²) in [5.74, 6) is 1.32. The first-order valence-electron chi connectivity index (χ1n) is 12.3. The first-order chi connectivity index (χ1) is 15.2. The predicted octanol–water partition coefficient (Wildman–Crippen LogP) is 5.33. The van der Waals surface area contributed by atoms with Gasteiger partial charge in [-0.3, -0.25) is 9.55 Å². The van der Waals surface area contributed by atoms with Gasteiger partial charge in [0.15, 0.2) is 0 Å². The highest BCUT2D eigenvalue weighted by Gasteiger charge is 2.37. The van der Waals surface area contributed by atoms with Crippen molar-refractivity contribution >= 4 is 11.4 Å². The second-order valence-corrected chi connectivity index (χ2v) is 9.71. The average molecular weight is 421 g/mol. The summed E-state index contributed by atoms with van der Waals surface area (Å²) in [4.78, 5) is 16.4. The van der Waals surface area contributed by atoms with Crippen molar-refractivity contribution in [2.45, 2.75) is 88.6 Å². The molecule has 6 rings (SSSR count). The molecule has 5 nitrogen and oxygen atoms in total. The fraction of sp³-hybridized carbons (Fsp3) is 0.577. The third-order valence-corrected chi connectivity index (χ3v) is 7.61. The molecule has 1 aromatic carbocycles. The van der Waals surface area contributed by atoms with E-state index < -0.39 is 0 Å². The number of benzene rings is 1. The van der Waals surface area contributed by atoms with Gasteiger partial charge >= 0.3 is 5.69 Å². The molecule has 2 aromatic rings. The van der Waals surface area contributed by atoms with Gasteiger partial charge in [0, 0.05) is 18.0 Å². The fourth-order valence-electron chi connectivity index (χ4n) is 5.61. The number of aromatic nitrogens is 2. The normalized spacial score (nSPS) is 25.1. The SMILES string of the molecule is C=C1CCCCCNC2CC[C@H]2c2c(NC3CCCCC3)[nH]c(=O)n2-c2ccc1cc2. The van der Waals surface area contributed by atoms with Gasteiger partial charge in [-0.2, -0.15) is 0 Å². The van der Waals surface area contributed by atoms with Gasteiger partial charge in [0.25, 0.3) is 0 Å². The predicted molar refractivity (Wildman–Crippen MR) is 128 cm³/mol. The molecule has 1 unspecified atom stereocenters. The smallest absolute Gasteiger partial charge is 0.331 e. The molecule has 0 spiro atoms. The van der Waals surface area contributed by atoms with E-state index >= 15 is 0 Å². The van der Waals surface area contributed by atoms with E-state index in [2.05, 4.69) is 46.5 Å². The number of rotatable bonds is 2. The number of aromatic amines is 1. The highest BCUT2D eigenvalue weighted by atomic mass is 16.1. The van der Waals surface area contributed by atoms with E-state index in [4.69, 9.17) is 0 Å². The third-order valence-electron chi connectivity index (χ3n) is 7.61. The Morgan fingerprint density at radius 1 is 0.935 bits per heavy atom. The quantitative estimate of drug-likeness (QED) is 0.615. The summed E-state index contributed by atoms with van der Waals surface area (Å²) in [5, 5.41) is 7.53. The van der Waals surface area contributed by atoms with Crippen molar-refractivity contribution in [3.63, 3.8) is 0 Å². The molecule has 2 aliphatic heterocycles. The van der Waals surface area contributed by atoms with Gasteiger partial charge in [-0.05, 0) is 74.8 Å². The van der Waals surface area contributed by atoms with Crippen molar-refractivity contribution in [3.8, 4) is 5.69 Å². The van der Waals surface area contributed by atoms with Crippen molar-refractivity contribution in [1.29, 1.82) is 0 Å². The van der Waals surface area contributed by atoms with Crippen LogP contribution in [0.4, 0.5) is 5.82 Å². The Hall–Kier alpha value is -2.27. The number of imidazole rings is 1. The first-order valence-corrected chi connectivity index (χ1v) is 12.3. The van der Waals surface area contributed by atoms with E-state index in [-0.39, 0.29) is 5.69 Å². The molecule has 3 heterocycles. The third kappa shape index (κ3) is 4.25. The van der Waals surface area contributed by atoms with Crippen LogP contribution in [-0.4, -0.2) is 28.2 Å². The standard InChI is InChI=1S/C26H36N4O/c1-18-8-4-3-7-17-27-23-16-15-22(23)24-25(28-20-9-5-2-6-10-20)29-26(31)30(24)21-13-11-19(18)12-14-21/h11-14,20,22-23,27-28H,1-10,15-17H2,(H,29,31)/t22-,23?/m1/s1. The van der Waals surface area contributed by atoms with Crippen molar-refractivity contribution in [1.82, 2.24) is 14.9 Å². The highest BCUT2D eigenvalue weighted by Crippen LogP contribution is 2.41. The van der Waals surface area contributed by atoms with Crippen molar-refractivity contribution in [2.75, 3.05) is 11.9 Å². The molecule has 4 aliphatic rings. The van der Waals surface area contributed by atoms with Crippen LogP contribution in [0.25, 0.3) is 11.3 Å². The van der Waals surface area contributed by atoms with Crippen LogP contribution in [0.3, 0.4) is 0 Å². The van der Waals surface area contributed by atoms with E-state index in [0.717, 1.165) is 36.6 Å². The van der Waals surface area contributed by atoms with Gasteiger partial charge in [0.2, 0.25) is 0 Å². The topological polar surface area (TPSA) is 61.8 Å². The molecule has 2 aliphatic carbocycles. The average Bonchev–Trinajstić information content (AvgIpc) is 3.07. The molecule has 0 saturated heterocycles. The van der Waals surface area contributed by atoms with Crippen molar-refractivity contribution in [2.24, 2.45) is 0 Å². The second kappa shape index (κ2) is 9.07. The van der Waals surface area contributed by atoms with E-state index in [1.54, 1.807) is 0 Å². The van der Waals surface area contributed by atoms with Gasteiger partial charge in [-0.25, -0.2) is 4.79 Å². The molecular weight excluding hydrogens is 384 g/mol. The number of hydrogen-bond donors (Lipinski definition) is 3. The lowest BCUT2D eigenvalue weighted by Gasteiger charge is -2.38. The van der Waals surface area contributed by atoms with Crippen LogP contribution >= 0.6 is 0 Å². The van der Waals surface area contributed by atoms with Crippen molar-refractivity contribution < 1.29 is 0 Å². The number of nitrogens with one attached hydrogen (secondary N) is 3. The number of H-pyrrole nitrogens is 1. The second-order valence-electron chi connectivity index (χ2n) is 9.71. The molecule has 5 heteroatoms. The molecule has 0 radical (unpaired) electrons. The summed E-state index contributed by atoms with van der Waals surface area (Å²) in [6, 6.07) is 9.35. The minimum atomic E-state index is -0.0325. The molecule has 3 N–H and O–H groups in total. The number of fused-ring (bicyclic) bond motifs is 8. The number of anilines is 1. The van der Waals surface area contributed by atoms with E-state index in [0.29, 0.717) is 18.0 Å².